The van der Waals surface area contributed by atoms with Crippen molar-refractivity contribution in [3.05, 3.63) is 28.2 Å². The van der Waals surface area contributed by atoms with Crippen molar-refractivity contribution in [3.8, 4) is 5.75 Å². The van der Waals surface area contributed by atoms with Crippen molar-refractivity contribution < 1.29 is 4.74 Å². The van der Waals surface area contributed by atoms with E-state index in [4.69, 9.17) is 4.74 Å². The molecule has 0 bridgehead atoms. The second-order valence-corrected chi connectivity index (χ2v) is 6.84. The van der Waals surface area contributed by atoms with Gasteiger partial charge in [-0.15, -0.1) is 0 Å². The van der Waals surface area contributed by atoms with Crippen molar-refractivity contribution in [2.75, 3.05) is 25.5 Å². The van der Waals surface area contributed by atoms with Gasteiger partial charge in [0.25, 0.3) is 0 Å². The van der Waals surface area contributed by atoms with Gasteiger partial charge in [-0.3, -0.25) is 4.90 Å². The highest BCUT2D eigenvalue weighted by atomic mass is 79.9. The number of benzene rings is 1. The molecule has 2 rings (SSSR count). The molecule has 1 saturated heterocycles. The Hall–Kier alpha value is -0.0600. The second kappa shape index (κ2) is 7.65. The van der Waals surface area contributed by atoms with Gasteiger partial charge in [-0.1, -0.05) is 22.0 Å². The molecule has 1 unspecified atom stereocenters. The van der Waals surface area contributed by atoms with E-state index in [2.05, 4.69) is 48.9 Å². The molecule has 0 aromatic heterocycles. The van der Waals surface area contributed by atoms with Crippen LogP contribution in [-0.4, -0.2) is 30.4 Å². The van der Waals surface area contributed by atoms with Crippen molar-refractivity contribution in [2.24, 2.45) is 5.92 Å². The van der Waals surface area contributed by atoms with Crippen molar-refractivity contribution in [2.45, 2.75) is 25.8 Å². The third kappa shape index (κ3) is 4.47. The number of likely N-dealkylation sites (tertiary alicyclic amines) is 1. The van der Waals surface area contributed by atoms with Crippen LogP contribution in [0, 0.1) is 5.92 Å². The first-order chi connectivity index (χ1) is 9.22. The van der Waals surface area contributed by atoms with Gasteiger partial charge in [0.2, 0.25) is 0 Å². The van der Waals surface area contributed by atoms with Crippen LogP contribution in [0.2, 0.25) is 0 Å². The molecule has 1 aromatic carbocycles. The monoisotopic (exact) mass is 389 g/mol. The zero-order valence-electron chi connectivity index (χ0n) is 11.4. The molecule has 0 amide bonds. The lowest BCUT2D eigenvalue weighted by atomic mass is 9.95. The molecule has 2 nitrogen and oxygen atoms in total. The average Bonchev–Trinajstić information content (AvgIpc) is 2.40. The Morgan fingerprint density at radius 3 is 2.95 bits per heavy atom. The van der Waals surface area contributed by atoms with Crippen molar-refractivity contribution >= 4 is 31.9 Å². The predicted molar refractivity (Wildman–Crippen MR) is 87.1 cm³/mol. The van der Waals surface area contributed by atoms with Gasteiger partial charge in [0.05, 0.1) is 11.6 Å². The van der Waals surface area contributed by atoms with Crippen molar-refractivity contribution in [1.82, 2.24) is 4.90 Å². The minimum Gasteiger partial charge on any atom is -0.496 e. The van der Waals surface area contributed by atoms with E-state index < -0.39 is 0 Å². The zero-order chi connectivity index (χ0) is 13.7. The van der Waals surface area contributed by atoms with E-state index in [1.165, 1.54) is 37.9 Å². The van der Waals surface area contributed by atoms with Gasteiger partial charge >= 0.3 is 0 Å². The summed E-state index contributed by atoms with van der Waals surface area (Å²) in [5.74, 6) is 1.76. The fraction of sp³-hybridized carbons (Fsp3) is 0.600. The van der Waals surface area contributed by atoms with Crippen LogP contribution >= 0.6 is 31.9 Å². The van der Waals surface area contributed by atoms with Gasteiger partial charge in [0.15, 0.2) is 0 Å². The molecule has 1 atom stereocenters. The lowest BCUT2D eigenvalue weighted by Crippen LogP contribution is -2.35. The quantitative estimate of drug-likeness (QED) is 0.688. The van der Waals surface area contributed by atoms with Crippen LogP contribution in [0.25, 0.3) is 0 Å². The van der Waals surface area contributed by atoms with Gasteiger partial charge in [-0.25, -0.2) is 0 Å². The van der Waals surface area contributed by atoms with Crippen LogP contribution in [0.3, 0.4) is 0 Å². The first-order valence-electron chi connectivity index (χ1n) is 6.83. The Bertz CT molecular complexity index is 409. The van der Waals surface area contributed by atoms with Crippen LogP contribution in [0.15, 0.2) is 22.7 Å². The highest BCUT2D eigenvalue weighted by Crippen LogP contribution is 2.27. The van der Waals surface area contributed by atoms with Crippen LogP contribution in [0.4, 0.5) is 0 Å². The average molecular weight is 391 g/mol. The Balaban J connectivity index is 1.94. The van der Waals surface area contributed by atoms with E-state index in [0.717, 1.165) is 28.0 Å². The van der Waals surface area contributed by atoms with E-state index in [1.807, 2.05) is 6.07 Å². The van der Waals surface area contributed by atoms with Crippen molar-refractivity contribution in [1.29, 1.82) is 0 Å². The highest BCUT2D eigenvalue weighted by molar-refractivity contribution is 9.10. The standard InChI is InChI=1S/C15H21Br2NO/c1-19-15-5-4-13(9-14(15)17)11-18-8-2-3-12(10-18)6-7-16/h4-5,9,12H,2-3,6-8,10-11H2,1H3. The lowest BCUT2D eigenvalue weighted by molar-refractivity contribution is 0.165. The number of alkyl halides is 1. The summed E-state index contributed by atoms with van der Waals surface area (Å²) in [5.41, 5.74) is 1.35. The van der Waals surface area contributed by atoms with Gasteiger partial charge in [0.1, 0.15) is 5.75 Å². The Morgan fingerprint density at radius 1 is 1.42 bits per heavy atom. The van der Waals surface area contributed by atoms with Gasteiger partial charge in [-0.2, -0.15) is 0 Å². The van der Waals surface area contributed by atoms with Crippen LogP contribution in [-0.2, 0) is 6.54 Å². The SMILES string of the molecule is COc1ccc(CN2CCCC(CCBr)C2)cc1Br. The summed E-state index contributed by atoms with van der Waals surface area (Å²) in [4.78, 5) is 2.57. The molecule has 0 spiro atoms. The maximum atomic E-state index is 5.27. The molecular formula is C15H21Br2NO. The minimum absolute atomic E-state index is 0.856. The normalized spacial score (nSPS) is 20.5. The lowest BCUT2D eigenvalue weighted by Gasteiger charge is -2.32. The van der Waals surface area contributed by atoms with Crippen LogP contribution < -0.4 is 4.74 Å². The van der Waals surface area contributed by atoms with E-state index in [-0.39, 0.29) is 0 Å². The number of nitrogens with zero attached hydrogens (tertiary/aromatic N) is 1. The summed E-state index contributed by atoms with van der Waals surface area (Å²) in [5, 5.41) is 1.12. The molecule has 1 aromatic rings. The molecule has 0 saturated carbocycles. The molecule has 1 aliphatic heterocycles. The van der Waals surface area contributed by atoms with Crippen LogP contribution in [0.1, 0.15) is 24.8 Å². The Kier molecular flexibility index (Phi) is 6.17. The molecule has 0 aliphatic carbocycles. The minimum atomic E-state index is 0.856. The fourth-order valence-corrected chi connectivity index (χ4v) is 3.99. The van der Waals surface area contributed by atoms with E-state index >= 15 is 0 Å². The summed E-state index contributed by atoms with van der Waals surface area (Å²) in [7, 11) is 1.70. The first-order valence-corrected chi connectivity index (χ1v) is 8.75. The molecule has 1 aliphatic rings. The van der Waals surface area contributed by atoms with Crippen molar-refractivity contribution in [3.63, 3.8) is 0 Å². The number of ether oxygens (including phenoxy) is 1. The van der Waals surface area contributed by atoms with E-state index in [9.17, 15) is 0 Å². The maximum Gasteiger partial charge on any atom is 0.133 e. The number of hydrogen-bond acceptors (Lipinski definition) is 2. The number of hydrogen-bond donors (Lipinski definition) is 0. The van der Waals surface area contributed by atoms with E-state index in [1.54, 1.807) is 7.11 Å². The largest absolute Gasteiger partial charge is 0.496 e. The van der Waals surface area contributed by atoms with Gasteiger partial charge in [-0.05, 0) is 65.4 Å². The van der Waals surface area contributed by atoms with Gasteiger partial charge < -0.3 is 4.74 Å². The number of rotatable bonds is 5. The molecule has 19 heavy (non-hydrogen) atoms. The molecule has 1 heterocycles. The second-order valence-electron chi connectivity index (χ2n) is 5.19. The van der Waals surface area contributed by atoms with Gasteiger partial charge in [0, 0.05) is 18.4 Å². The highest BCUT2D eigenvalue weighted by Gasteiger charge is 2.19. The predicted octanol–water partition coefficient (Wildman–Crippen LogP) is 4.45. The molecule has 0 N–H and O–H groups in total. The molecule has 106 valence electrons. The fourth-order valence-electron chi connectivity index (χ4n) is 2.75. The summed E-state index contributed by atoms with van der Waals surface area (Å²) < 4.78 is 6.32. The summed E-state index contributed by atoms with van der Waals surface area (Å²) in [6, 6.07) is 6.38. The van der Waals surface area contributed by atoms with Crippen LogP contribution in [0.5, 0.6) is 5.75 Å². The molecular weight excluding hydrogens is 370 g/mol. The third-order valence-corrected chi connectivity index (χ3v) is 4.82. The van der Waals surface area contributed by atoms with E-state index in [0.29, 0.717) is 0 Å². The summed E-state index contributed by atoms with van der Waals surface area (Å²) in [6.45, 7) is 3.50. The Morgan fingerprint density at radius 2 is 2.26 bits per heavy atom. The molecule has 4 heteroatoms. The third-order valence-electron chi connectivity index (χ3n) is 3.74. The number of methoxy groups -OCH3 is 1. The number of halogens is 2. The smallest absolute Gasteiger partial charge is 0.133 e. The topological polar surface area (TPSA) is 12.5 Å². The first kappa shape index (κ1) is 15.3. The number of piperidine rings is 1. The zero-order valence-corrected chi connectivity index (χ0v) is 14.5. The Labute approximate surface area is 132 Å². The maximum absolute atomic E-state index is 5.27. The summed E-state index contributed by atoms with van der Waals surface area (Å²) >= 11 is 7.12. The summed E-state index contributed by atoms with van der Waals surface area (Å²) in [6.07, 6.45) is 4.01. The molecule has 1 fully saturated rings. The molecule has 0 radical (unpaired) electrons.